The van der Waals surface area contributed by atoms with E-state index in [0.29, 0.717) is 17.6 Å². The molecule has 0 amide bonds. The van der Waals surface area contributed by atoms with E-state index in [0.717, 1.165) is 16.2 Å². The third kappa shape index (κ3) is 2.08. The van der Waals surface area contributed by atoms with E-state index in [-0.39, 0.29) is 0 Å². The van der Waals surface area contributed by atoms with Crippen LogP contribution in [0.2, 0.25) is 0 Å². The highest BCUT2D eigenvalue weighted by Gasteiger charge is 2.26. The molecule has 3 N–H and O–H groups in total. The van der Waals surface area contributed by atoms with Gasteiger partial charge in [-0.1, -0.05) is 12.1 Å². The third-order valence-electron chi connectivity index (χ3n) is 3.34. The second-order valence-corrected chi connectivity index (χ2v) is 5.78. The van der Waals surface area contributed by atoms with Crippen molar-refractivity contribution in [2.24, 2.45) is 0 Å². The minimum Gasteiger partial charge on any atom is -0.381 e. The summed E-state index contributed by atoms with van der Waals surface area (Å²) in [5.74, 6) is 1.62. The molecule has 0 radical (unpaired) electrons. The molecule has 2 aromatic heterocycles. The van der Waals surface area contributed by atoms with Crippen molar-refractivity contribution < 1.29 is 0 Å². The second-order valence-electron chi connectivity index (χ2n) is 4.92. The van der Waals surface area contributed by atoms with Gasteiger partial charge in [-0.2, -0.15) is 0 Å². The molecule has 3 aromatic rings. The lowest BCUT2D eigenvalue weighted by Gasteiger charge is -2.06. The van der Waals surface area contributed by atoms with Crippen LogP contribution in [0.3, 0.4) is 0 Å². The molecule has 1 saturated carbocycles. The summed E-state index contributed by atoms with van der Waals surface area (Å²) in [5, 5.41) is 6.10. The van der Waals surface area contributed by atoms with Gasteiger partial charge < -0.3 is 11.1 Å². The Bertz CT molecular complexity index is 778. The van der Waals surface area contributed by atoms with Crippen LogP contribution in [0.15, 0.2) is 29.6 Å². The van der Waals surface area contributed by atoms with E-state index in [4.69, 9.17) is 5.73 Å². The van der Waals surface area contributed by atoms with E-state index in [1.54, 1.807) is 11.3 Å². The van der Waals surface area contributed by atoms with Crippen LogP contribution in [0.1, 0.15) is 24.5 Å². The van der Waals surface area contributed by atoms with Crippen molar-refractivity contribution in [1.29, 1.82) is 0 Å². The van der Waals surface area contributed by atoms with E-state index in [1.165, 1.54) is 18.5 Å². The summed E-state index contributed by atoms with van der Waals surface area (Å²) >= 11 is 1.58. The highest BCUT2D eigenvalue weighted by Crippen LogP contribution is 2.41. The Hall–Kier alpha value is -2.21. The number of nitrogens with zero attached hydrogens (tertiary/aromatic N) is 3. The topological polar surface area (TPSA) is 76.7 Å². The molecule has 0 bridgehead atoms. The number of anilines is 3. The molecule has 100 valence electrons. The first-order valence-corrected chi connectivity index (χ1v) is 7.42. The molecule has 1 aliphatic rings. The Morgan fingerprint density at radius 3 is 2.60 bits per heavy atom. The highest BCUT2D eigenvalue weighted by atomic mass is 32.1. The van der Waals surface area contributed by atoms with E-state index >= 15 is 0 Å². The normalized spacial score (nSPS) is 14.6. The smallest absolute Gasteiger partial charge is 0.188 e. The van der Waals surface area contributed by atoms with Gasteiger partial charge in [0.25, 0.3) is 0 Å². The Morgan fingerprint density at radius 2 is 1.85 bits per heavy atom. The molecule has 0 spiro atoms. The first-order valence-electron chi connectivity index (χ1n) is 6.54. The largest absolute Gasteiger partial charge is 0.381 e. The Labute approximate surface area is 119 Å². The zero-order chi connectivity index (χ0) is 13.5. The number of fused-ring (bicyclic) bond motifs is 1. The molecule has 6 heteroatoms. The van der Waals surface area contributed by atoms with Crippen LogP contribution in [-0.2, 0) is 0 Å². The number of nitrogens with one attached hydrogen (secondary N) is 1. The molecule has 1 aromatic carbocycles. The van der Waals surface area contributed by atoms with Crippen molar-refractivity contribution in [1.82, 2.24) is 15.0 Å². The van der Waals surface area contributed by atoms with E-state index in [2.05, 4.69) is 25.6 Å². The van der Waals surface area contributed by atoms with Gasteiger partial charge in [-0.3, -0.25) is 0 Å². The van der Waals surface area contributed by atoms with Crippen molar-refractivity contribution >= 4 is 39.1 Å². The predicted octanol–water partition coefficient (Wildman–Crippen LogP) is 3.29. The number of para-hydroxylation sites is 2. The molecule has 1 aliphatic carbocycles. The first-order chi connectivity index (χ1) is 9.79. The van der Waals surface area contributed by atoms with Crippen LogP contribution in [0.5, 0.6) is 0 Å². The maximum atomic E-state index is 5.95. The van der Waals surface area contributed by atoms with Crippen molar-refractivity contribution in [2.75, 3.05) is 11.1 Å². The number of nitrogen functional groups attached to an aromatic ring is 1. The van der Waals surface area contributed by atoms with Crippen molar-refractivity contribution in [3.05, 3.63) is 35.3 Å². The fraction of sp³-hybridized carbons (Fsp3) is 0.214. The Balaban J connectivity index is 1.68. The number of hydrogen-bond donors (Lipinski definition) is 2. The lowest BCUT2D eigenvalue weighted by atomic mass is 10.3. The lowest BCUT2D eigenvalue weighted by Crippen LogP contribution is -2.02. The minimum atomic E-state index is 0.395. The molecule has 0 unspecified atom stereocenters. The first kappa shape index (κ1) is 11.6. The molecule has 20 heavy (non-hydrogen) atoms. The Morgan fingerprint density at radius 1 is 1.10 bits per heavy atom. The summed E-state index contributed by atoms with van der Waals surface area (Å²) in [5.41, 5.74) is 8.75. The monoisotopic (exact) mass is 283 g/mol. The van der Waals surface area contributed by atoms with Gasteiger partial charge in [0.2, 0.25) is 0 Å². The highest BCUT2D eigenvalue weighted by molar-refractivity contribution is 7.13. The van der Waals surface area contributed by atoms with Crippen LogP contribution in [-0.4, -0.2) is 15.0 Å². The van der Waals surface area contributed by atoms with Gasteiger partial charge in [0.1, 0.15) is 0 Å². The number of rotatable bonds is 3. The number of hydrogen-bond acceptors (Lipinski definition) is 6. The van der Waals surface area contributed by atoms with Crippen molar-refractivity contribution in [2.45, 2.75) is 18.8 Å². The molecule has 2 heterocycles. The number of aromatic nitrogens is 3. The molecule has 5 nitrogen and oxygen atoms in total. The molecule has 0 aliphatic heterocycles. The fourth-order valence-corrected chi connectivity index (χ4v) is 2.91. The van der Waals surface area contributed by atoms with Gasteiger partial charge >= 0.3 is 0 Å². The van der Waals surface area contributed by atoms with Crippen LogP contribution in [0.4, 0.5) is 16.8 Å². The third-order valence-corrected chi connectivity index (χ3v) is 4.12. The molecular weight excluding hydrogens is 270 g/mol. The van der Waals surface area contributed by atoms with Crippen LogP contribution < -0.4 is 11.1 Å². The van der Waals surface area contributed by atoms with E-state index < -0.39 is 0 Å². The Kier molecular flexibility index (Phi) is 2.56. The van der Waals surface area contributed by atoms with Crippen molar-refractivity contribution in [3.63, 3.8) is 0 Å². The van der Waals surface area contributed by atoms with Crippen LogP contribution >= 0.6 is 11.3 Å². The van der Waals surface area contributed by atoms with Gasteiger partial charge in [0.05, 0.1) is 16.7 Å². The lowest BCUT2D eigenvalue weighted by molar-refractivity contribution is 1.05. The number of benzene rings is 1. The van der Waals surface area contributed by atoms with Gasteiger partial charge in [0.15, 0.2) is 16.8 Å². The standard InChI is InChI=1S/C14H13N5S/c15-12-13(17-10-4-2-1-3-9(10)16-12)19-14-18-11(7-20-14)8-5-6-8/h1-4,7-8H,5-6H2,(H2,15,16)(H,17,18,19). The van der Waals surface area contributed by atoms with E-state index in [1.807, 2.05) is 24.3 Å². The summed E-state index contributed by atoms with van der Waals surface area (Å²) in [7, 11) is 0. The second kappa shape index (κ2) is 4.42. The number of nitrogens with two attached hydrogens (primary N) is 1. The van der Waals surface area contributed by atoms with Gasteiger partial charge in [0, 0.05) is 11.3 Å². The van der Waals surface area contributed by atoms with Gasteiger partial charge in [-0.05, 0) is 25.0 Å². The molecule has 0 atom stereocenters. The molecular formula is C14H13N5S. The molecule has 1 fully saturated rings. The van der Waals surface area contributed by atoms with Gasteiger partial charge in [-0.15, -0.1) is 11.3 Å². The summed E-state index contributed by atoms with van der Waals surface area (Å²) in [6, 6.07) is 7.68. The zero-order valence-corrected chi connectivity index (χ0v) is 11.5. The van der Waals surface area contributed by atoms with E-state index in [9.17, 15) is 0 Å². The molecule has 4 rings (SSSR count). The zero-order valence-electron chi connectivity index (χ0n) is 10.7. The maximum Gasteiger partial charge on any atom is 0.188 e. The average Bonchev–Trinajstić information content (AvgIpc) is 3.20. The molecule has 0 saturated heterocycles. The maximum absolute atomic E-state index is 5.95. The number of thiazole rings is 1. The fourth-order valence-electron chi connectivity index (χ4n) is 2.12. The summed E-state index contributed by atoms with van der Waals surface area (Å²) in [6.07, 6.45) is 2.50. The summed E-state index contributed by atoms with van der Waals surface area (Å²) in [6.45, 7) is 0. The summed E-state index contributed by atoms with van der Waals surface area (Å²) in [4.78, 5) is 13.4. The van der Waals surface area contributed by atoms with Crippen LogP contribution in [0, 0.1) is 0 Å². The SMILES string of the molecule is Nc1nc2ccccc2nc1Nc1nc(C2CC2)cs1. The van der Waals surface area contributed by atoms with Crippen LogP contribution in [0.25, 0.3) is 11.0 Å². The minimum absolute atomic E-state index is 0.395. The predicted molar refractivity (Wildman–Crippen MR) is 81.3 cm³/mol. The quantitative estimate of drug-likeness (QED) is 0.771. The van der Waals surface area contributed by atoms with Crippen molar-refractivity contribution in [3.8, 4) is 0 Å². The summed E-state index contributed by atoms with van der Waals surface area (Å²) < 4.78 is 0. The van der Waals surface area contributed by atoms with Gasteiger partial charge in [-0.25, -0.2) is 15.0 Å². The average molecular weight is 283 g/mol.